The molecule has 6 heteroatoms. The summed E-state index contributed by atoms with van der Waals surface area (Å²) >= 11 is 5.67. The van der Waals surface area contributed by atoms with Crippen LogP contribution in [0.25, 0.3) is 0 Å². The fraction of sp³-hybridized carbons (Fsp3) is 0.455. The van der Waals surface area contributed by atoms with Crippen LogP contribution < -0.4 is 4.74 Å². The van der Waals surface area contributed by atoms with Gasteiger partial charge < -0.3 is 9.84 Å². The van der Waals surface area contributed by atoms with Crippen LogP contribution in [0.2, 0.25) is 5.02 Å². The zero-order chi connectivity index (χ0) is 13.1. The third-order valence-electron chi connectivity index (χ3n) is 2.09. The minimum absolute atomic E-state index is 0.156. The first-order valence-corrected chi connectivity index (χ1v) is 5.46. The van der Waals surface area contributed by atoms with Crippen molar-refractivity contribution in [3.8, 4) is 5.75 Å². The van der Waals surface area contributed by atoms with Crippen LogP contribution in [0.15, 0.2) is 18.2 Å². The van der Waals surface area contributed by atoms with E-state index >= 15 is 0 Å². The Morgan fingerprint density at radius 2 is 2.18 bits per heavy atom. The second kappa shape index (κ2) is 5.33. The van der Waals surface area contributed by atoms with E-state index in [2.05, 4.69) is 0 Å². The van der Waals surface area contributed by atoms with Gasteiger partial charge in [-0.05, 0) is 26.0 Å². The zero-order valence-electron chi connectivity index (χ0n) is 9.64. The molecule has 0 bridgehead atoms. The van der Waals surface area contributed by atoms with E-state index in [0.717, 1.165) is 0 Å². The van der Waals surface area contributed by atoms with Crippen molar-refractivity contribution in [3.63, 3.8) is 0 Å². The van der Waals surface area contributed by atoms with E-state index in [1.165, 1.54) is 18.2 Å². The number of nitro benzene ring substituents is 1. The maximum Gasteiger partial charge on any atom is 0.312 e. The second-order valence-corrected chi connectivity index (χ2v) is 4.72. The molecular formula is C11H14ClNO4. The summed E-state index contributed by atoms with van der Waals surface area (Å²) < 4.78 is 5.27. The Balaban J connectivity index is 2.74. The minimum Gasteiger partial charge on any atom is -0.487 e. The van der Waals surface area contributed by atoms with Crippen molar-refractivity contribution >= 4 is 17.3 Å². The SMILES string of the molecule is CC(C)(O)CCOc1ccc(Cl)cc1[N+](=O)[O-]. The van der Waals surface area contributed by atoms with Crippen LogP contribution in [0.3, 0.4) is 0 Å². The largest absolute Gasteiger partial charge is 0.487 e. The lowest BCUT2D eigenvalue weighted by Crippen LogP contribution is -2.21. The molecule has 1 N–H and O–H groups in total. The smallest absolute Gasteiger partial charge is 0.312 e. The standard InChI is InChI=1S/C11H14ClNO4/c1-11(2,14)5-6-17-10-4-3-8(12)7-9(10)13(15)16/h3-4,7,14H,5-6H2,1-2H3. The topological polar surface area (TPSA) is 72.6 Å². The molecule has 0 radical (unpaired) electrons. The highest BCUT2D eigenvalue weighted by Crippen LogP contribution is 2.30. The summed E-state index contributed by atoms with van der Waals surface area (Å²) in [6.07, 6.45) is 0.382. The van der Waals surface area contributed by atoms with Gasteiger partial charge in [-0.1, -0.05) is 11.6 Å². The van der Waals surface area contributed by atoms with Crippen LogP contribution in [0.5, 0.6) is 5.75 Å². The number of rotatable bonds is 5. The molecule has 1 rings (SSSR count). The van der Waals surface area contributed by atoms with Gasteiger partial charge in [0.25, 0.3) is 0 Å². The van der Waals surface area contributed by atoms with Crippen molar-refractivity contribution in [3.05, 3.63) is 33.3 Å². The van der Waals surface area contributed by atoms with Crippen LogP contribution in [-0.4, -0.2) is 22.2 Å². The predicted molar refractivity (Wildman–Crippen MR) is 64.5 cm³/mol. The number of nitro groups is 1. The molecule has 0 aliphatic carbocycles. The number of nitrogens with zero attached hydrogens (tertiary/aromatic N) is 1. The first-order chi connectivity index (χ1) is 7.79. The number of ether oxygens (including phenoxy) is 1. The molecule has 0 aliphatic rings. The van der Waals surface area contributed by atoms with Crippen LogP contribution in [0.1, 0.15) is 20.3 Å². The number of aliphatic hydroxyl groups is 1. The fourth-order valence-corrected chi connectivity index (χ4v) is 1.33. The maximum absolute atomic E-state index is 10.8. The van der Waals surface area contributed by atoms with E-state index in [1.54, 1.807) is 13.8 Å². The Morgan fingerprint density at radius 3 is 2.71 bits per heavy atom. The first-order valence-electron chi connectivity index (χ1n) is 5.09. The summed E-state index contributed by atoms with van der Waals surface area (Å²) in [5.41, 5.74) is -1.03. The van der Waals surface area contributed by atoms with E-state index in [-0.39, 0.29) is 23.1 Å². The second-order valence-electron chi connectivity index (χ2n) is 4.28. The minimum atomic E-state index is -0.860. The number of hydrogen-bond acceptors (Lipinski definition) is 4. The maximum atomic E-state index is 10.8. The lowest BCUT2D eigenvalue weighted by molar-refractivity contribution is -0.385. The quantitative estimate of drug-likeness (QED) is 0.652. The van der Waals surface area contributed by atoms with Crippen LogP contribution in [0.4, 0.5) is 5.69 Å². The molecule has 0 amide bonds. The summed E-state index contributed by atoms with van der Waals surface area (Å²) in [6.45, 7) is 3.49. The molecule has 0 saturated heterocycles. The van der Waals surface area contributed by atoms with Gasteiger partial charge in [-0.15, -0.1) is 0 Å². The number of halogens is 1. The molecule has 0 unspecified atom stereocenters. The molecule has 0 aliphatic heterocycles. The fourth-order valence-electron chi connectivity index (χ4n) is 1.17. The van der Waals surface area contributed by atoms with E-state index < -0.39 is 10.5 Å². The average molecular weight is 260 g/mol. The van der Waals surface area contributed by atoms with Crippen molar-refractivity contribution in [2.75, 3.05) is 6.61 Å². The average Bonchev–Trinajstić information content (AvgIpc) is 2.18. The van der Waals surface area contributed by atoms with Crippen molar-refractivity contribution in [2.45, 2.75) is 25.9 Å². The normalized spacial score (nSPS) is 11.3. The highest BCUT2D eigenvalue weighted by molar-refractivity contribution is 6.30. The summed E-state index contributed by atoms with van der Waals surface area (Å²) in [6, 6.07) is 4.21. The van der Waals surface area contributed by atoms with Crippen LogP contribution in [-0.2, 0) is 0 Å². The molecule has 0 atom stereocenters. The molecule has 0 fully saturated rings. The van der Waals surface area contributed by atoms with Crippen molar-refractivity contribution in [1.82, 2.24) is 0 Å². The molecule has 1 aromatic rings. The van der Waals surface area contributed by atoms with Gasteiger partial charge in [0.05, 0.1) is 17.1 Å². The van der Waals surface area contributed by atoms with Crippen molar-refractivity contribution < 1.29 is 14.8 Å². The van der Waals surface area contributed by atoms with Gasteiger partial charge in [-0.3, -0.25) is 10.1 Å². The Labute approximate surface area is 104 Å². The van der Waals surface area contributed by atoms with Gasteiger partial charge in [0.2, 0.25) is 0 Å². The summed E-state index contributed by atoms with van der Waals surface area (Å²) in [7, 11) is 0. The summed E-state index contributed by atoms with van der Waals surface area (Å²) in [5, 5.41) is 20.5. The summed E-state index contributed by atoms with van der Waals surface area (Å²) in [4.78, 5) is 10.2. The van der Waals surface area contributed by atoms with Crippen molar-refractivity contribution in [2.24, 2.45) is 0 Å². The van der Waals surface area contributed by atoms with Gasteiger partial charge in [0.15, 0.2) is 5.75 Å². The molecule has 0 spiro atoms. The molecule has 1 aromatic carbocycles. The molecular weight excluding hydrogens is 246 g/mol. The molecule has 0 aromatic heterocycles. The monoisotopic (exact) mass is 259 g/mol. The van der Waals surface area contributed by atoms with Crippen molar-refractivity contribution in [1.29, 1.82) is 0 Å². The van der Waals surface area contributed by atoms with E-state index in [9.17, 15) is 15.2 Å². The van der Waals surface area contributed by atoms with E-state index in [0.29, 0.717) is 6.42 Å². The van der Waals surface area contributed by atoms with Gasteiger partial charge in [0.1, 0.15) is 0 Å². The van der Waals surface area contributed by atoms with Gasteiger partial charge in [-0.25, -0.2) is 0 Å². The Kier molecular flexibility index (Phi) is 4.31. The Bertz CT molecular complexity index is 414. The highest BCUT2D eigenvalue weighted by atomic mass is 35.5. The zero-order valence-corrected chi connectivity index (χ0v) is 10.4. The lowest BCUT2D eigenvalue weighted by Gasteiger charge is -2.16. The molecule has 0 heterocycles. The first kappa shape index (κ1) is 13.7. The third-order valence-corrected chi connectivity index (χ3v) is 2.32. The predicted octanol–water partition coefficient (Wildman–Crippen LogP) is 2.79. The molecule has 5 nitrogen and oxygen atoms in total. The van der Waals surface area contributed by atoms with Gasteiger partial charge >= 0.3 is 5.69 Å². The van der Waals surface area contributed by atoms with E-state index in [1.807, 2.05) is 0 Å². The Morgan fingerprint density at radius 1 is 1.53 bits per heavy atom. The number of benzene rings is 1. The lowest BCUT2D eigenvalue weighted by atomic mass is 10.1. The van der Waals surface area contributed by atoms with Gasteiger partial charge in [-0.2, -0.15) is 0 Å². The van der Waals surface area contributed by atoms with Crippen LogP contribution in [0, 0.1) is 10.1 Å². The molecule has 94 valence electrons. The van der Waals surface area contributed by atoms with Gasteiger partial charge in [0, 0.05) is 17.5 Å². The summed E-state index contributed by atoms with van der Waals surface area (Å²) in [5.74, 6) is 0.156. The third kappa shape index (κ3) is 4.58. The van der Waals surface area contributed by atoms with E-state index in [4.69, 9.17) is 16.3 Å². The highest BCUT2D eigenvalue weighted by Gasteiger charge is 2.17. The van der Waals surface area contributed by atoms with Crippen LogP contribution >= 0.6 is 11.6 Å². The molecule has 17 heavy (non-hydrogen) atoms. The Hall–Kier alpha value is -1.33. The number of hydrogen-bond donors (Lipinski definition) is 1. The molecule has 0 saturated carbocycles.